The van der Waals surface area contributed by atoms with E-state index in [0.717, 1.165) is 18.7 Å². The molecule has 1 unspecified atom stereocenters. The topological polar surface area (TPSA) is 74.1 Å². The van der Waals surface area contributed by atoms with E-state index in [9.17, 15) is 19.1 Å². The fourth-order valence-corrected chi connectivity index (χ4v) is 4.14. The van der Waals surface area contributed by atoms with Gasteiger partial charge >= 0.3 is 0 Å². The number of halogens is 1. The standard InChI is InChI=1S/C24H25FN2O4/c1-16-2-4-18(5-3-16)22(28)20-21(17-6-8-19(25)9-7-17)27(24(30)23(20)29)11-10-26-12-14-31-15-13-26/h2-9,21,28H,10-15H2,1H3/b22-20+. The van der Waals surface area contributed by atoms with Crippen molar-refractivity contribution >= 4 is 17.4 Å². The third kappa shape index (κ3) is 4.38. The minimum atomic E-state index is -0.824. The van der Waals surface area contributed by atoms with Gasteiger partial charge in [-0.2, -0.15) is 0 Å². The maximum Gasteiger partial charge on any atom is 0.295 e. The van der Waals surface area contributed by atoms with Gasteiger partial charge in [-0.3, -0.25) is 9.59 Å². The number of likely N-dealkylation sites (tertiary alicyclic amines) is 1. The van der Waals surface area contributed by atoms with Crippen molar-refractivity contribution < 1.29 is 28.7 Å². The highest BCUT2D eigenvalue weighted by atomic mass is 19.1. The molecule has 31 heavy (non-hydrogen) atoms. The molecule has 1 atom stereocenters. The SMILES string of the molecule is Cc1ccc(/C([O-])=C2\C(=O)C(=O)N(CC[NH+]3CCOCC3)C2c2ccc(F)cc2)cc1. The Balaban J connectivity index is 1.72. The van der Waals surface area contributed by atoms with Gasteiger partial charge < -0.3 is 19.6 Å². The minimum absolute atomic E-state index is 0.0718. The maximum atomic E-state index is 13.5. The molecule has 2 aromatic carbocycles. The smallest absolute Gasteiger partial charge is 0.295 e. The molecule has 2 fully saturated rings. The summed E-state index contributed by atoms with van der Waals surface area (Å²) in [7, 11) is 0. The predicted molar refractivity (Wildman–Crippen MR) is 110 cm³/mol. The average molecular weight is 424 g/mol. The summed E-state index contributed by atoms with van der Waals surface area (Å²) in [5.74, 6) is -2.35. The van der Waals surface area contributed by atoms with Gasteiger partial charge in [-0.25, -0.2) is 4.39 Å². The van der Waals surface area contributed by atoms with Crippen molar-refractivity contribution in [1.29, 1.82) is 0 Å². The molecule has 2 aromatic rings. The Morgan fingerprint density at radius 1 is 1.10 bits per heavy atom. The van der Waals surface area contributed by atoms with E-state index >= 15 is 0 Å². The molecule has 0 saturated carbocycles. The number of carbonyl (C=O) groups excluding carboxylic acids is 2. The summed E-state index contributed by atoms with van der Waals surface area (Å²) in [5.41, 5.74) is 1.82. The lowest BCUT2D eigenvalue weighted by Gasteiger charge is -2.30. The van der Waals surface area contributed by atoms with Crippen LogP contribution in [0.5, 0.6) is 0 Å². The van der Waals surface area contributed by atoms with Crippen LogP contribution in [0.1, 0.15) is 22.7 Å². The Kier molecular flexibility index (Phi) is 6.15. The quantitative estimate of drug-likeness (QED) is 0.425. The molecular formula is C24H25FN2O4. The molecule has 0 radical (unpaired) electrons. The monoisotopic (exact) mass is 424 g/mol. The van der Waals surface area contributed by atoms with Crippen LogP contribution in [0.3, 0.4) is 0 Å². The number of amides is 1. The maximum absolute atomic E-state index is 13.5. The zero-order valence-corrected chi connectivity index (χ0v) is 17.4. The van der Waals surface area contributed by atoms with Gasteiger partial charge in [-0.1, -0.05) is 47.7 Å². The molecule has 0 bridgehead atoms. The predicted octanol–water partition coefficient (Wildman–Crippen LogP) is 0.273. The lowest BCUT2D eigenvalue weighted by Crippen LogP contribution is -3.14. The van der Waals surface area contributed by atoms with E-state index < -0.39 is 29.3 Å². The second-order valence-electron chi connectivity index (χ2n) is 8.00. The Morgan fingerprint density at radius 3 is 2.39 bits per heavy atom. The lowest BCUT2D eigenvalue weighted by atomic mass is 9.95. The number of hydrogen-bond donors (Lipinski definition) is 1. The molecule has 6 nitrogen and oxygen atoms in total. The normalized spacial score (nSPS) is 21.6. The van der Waals surface area contributed by atoms with Gasteiger partial charge in [-0.15, -0.1) is 0 Å². The van der Waals surface area contributed by atoms with Crippen molar-refractivity contribution in [1.82, 2.24) is 4.90 Å². The van der Waals surface area contributed by atoms with Crippen LogP contribution in [0.4, 0.5) is 4.39 Å². The van der Waals surface area contributed by atoms with Gasteiger partial charge in [0.05, 0.1) is 32.3 Å². The summed E-state index contributed by atoms with van der Waals surface area (Å²) in [6.07, 6.45) is 0. The third-order valence-electron chi connectivity index (χ3n) is 5.94. The zero-order chi connectivity index (χ0) is 22.0. The minimum Gasteiger partial charge on any atom is -0.872 e. The molecule has 2 heterocycles. The fraction of sp³-hybridized carbons (Fsp3) is 0.333. The first kappa shape index (κ1) is 21.2. The van der Waals surface area contributed by atoms with Crippen LogP contribution in [0, 0.1) is 12.7 Å². The van der Waals surface area contributed by atoms with E-state index in [4.69, 9.17) is 4.74 Å². The highest BCUT2D eigenvalue weighted by Gasteiger charge is 2.44. The fourth-order valence-electron chi connectivity index (χ4n) is 4.14. The third-order valence-corrected chi connectivity index (χ3v) is 5.94. The number of hydrogen-bond acceptors (Lipinski definition) is 4. The first-order valence-electron chi connectivity index (χ1n) is 10.5. The molecule has 0 aromatic heterocycles. The van der Waals surface area contributed by atoms with Crippen LogP contribution in [0.25, 0.3) is 5.76 Å². The molecule has 2 aliphatic heterocycles. The highest BCUT2D eigenvalue weighted by molar-refractivity contribution is 6.46. The Bertz CT molecular complexity index is 995. The molecule has 2 saturated heterocycles. The van der Waals surface area contributed by atoms with E-state index in [1.807, 2.05) is 6.92 Å². The van der Waals surface area contributed by atoms with Crippen molar-refractivity contribution in [3.8, 4) is 0 Å². The molecule has 7 heteroatoms. The molecule has 162 valence electrons. The molecular weight excluding hydrogens is 399 g/mol. The molecule has 1 amide bonds. The van der Waals surface area contributed by atoms with Crippen molar-refractivity contribution in [3.05, 3.63) is 76.6 Å². The van der Waals surface area contributed by atoms with Gasteiger partial charge in [-0.05, 0) is 30.2 Å². The molecule has 4 rings (SSSR count). The van der Waals surface area contributed by atoms with E-state index in [2.05, 4.69) is 0 Å². The van der Waals surface area contributed by atoms with E-state index in [1.165, 1.54) is 34.1 Å². The van der Waals surface area contributed by atoms with Crippen LogP contribution in [0.2, 0.25) is 0 Å². The van der Waals surface area contributed by atoms with Gasteiger partial charge in [0.25, 0.3) is 5.91 Å². The largest absolute Gasteiger partial charge is 0.872 e. The number of Topliss-reactive ketones (excluding diaryl/α,β-unsaturated/α-hetero) is 1. The van der Waals surface area contributed by atoms with Gasteiger partial charge in [0.15, 0.2) is 0 Å². The average Bonchev–Trinajstić information content (AvgIpc) is 3.04. The number of carbonyl (C=O) groups is 2. The number of quaternary nitrogens is 1. The summed E-state index contributed by atoms with van der Waals surface area (Å²) in [6.45, 7) is 5.85. The van der Waals surface area contributed by atoms with E-state index in [0.29, 0.717) is 37.4 Å². The summed E-state index contributed by atoms with van der Waals surface area (Å²) < 4.78 is 18.9. The summed E-state index contributed by atoms with van der Waals surface area (Å²) in [5, 5.41) is 13.3. The van der Waals surface area contributed by atoms with Gasteiger partial charge in [0, 0.05) is 5.57 Å². The molecule has 0 spiro atoms. The van der Waals surface area contributed by atoms with E-state index in [-0.39, 0.29) is 5.57 Å². The Labute approximate surface area is 180 Å². The summed E-state index contributed by atoms with van der Waals surface area (Å²) in [6, 6.07) is 11.7. The number of nitrogens with one attached hydrogen (secondary N) is 1. The Morgan fingerprint density at radius 2 is 1.74 bits per heavy atom. The van der Waals surface area contributed by atoms with Crippen molar-refractivity contribution in [3.63, 3.8) is 0 Å². The number of benzene rings is 2. The number of ether oxygens (including phenoxy) is 1. The molecule has 2 aliphatic rings. The number of aryl methyl sites for hydroxylation is 1. The Hall–Kier alpha value is -3.03. The zero-order valence-electron chi connectivity index (χ0n) is 17.4. The van der Waals surface area contributed by atoms with Gasteiger partial charge in [0.2, 0.25) is 5.78 Å². The van der Waals surface area contributed by atoms with Gasteiger partial charge in [0.1, 0.15) is 18.9 Å². The summed E-state index contributed by atoms with van der Waals surface area (Å²) in [4.78, 5) is 28.6. The number of morpholine rings is 1. The molecule has 1 N–H and O–H groups in total. The van der Waals surface area contributed by atoms with Crippen LogP contribution in [-0.2, 0) is 14.3 Å². The molecule has 0 aliphatic carbocycles. The van der Waals surface area contributed by atoms with Crippen molar-refractivity contribution in [2.45, 2.75) is 13.0 Å². The second-order valence-corrected chi connectivity index (χ2v) is 8.00. The van der Waals surface area contributed by atoms with Crippen LogP contribution < -0.4 is 10.0 Å². The summed E-state index contributed by atoms with van der Waals surface area (Å²) >= 11 is 0. The van der Waals surface area contributed by atoms with Crippen LogP contribution >= 0.6 is 0 Å². The first-order valence-corrected chi connectivity index (χ1v) is 10.5. The van der Waals surface area contributed by atoms with Crippen LogP contribution in [-0.4, -0.2) is 56.0 Å². The first-order chi connectivity index (χ1) is 15.0. The number of nitrogens with zero attached hydrogens (tertiary/aromatic N) is 1. The second kappa shape index (κ2) is 8.99. The highest BCUT2D eigenvalue weighted by Crippen LogP contribution is 2.38. The number of ketones is 1. The van der Waals surface area contributed by atoms with Crippen LogP contribution in [0.15, 0.2) is 54.1 Å². The van der Waals surface area contributed by atoms with E-state index in [1.54, 1.807) is 24.3 Å². The van der Waals surface area contributed by atoms with Crippen molar-refractivity contribution in [2.75, 3.05) is 39.4 Å². The van der Waals surface area contributed by atoms with Crippen molar-refractivity contribution in [2.24, 2.45) is 0 Å². The number of rotatable bonds is 5. The lowest BCUT2D eigenvalue weighted by molar-refractivity contribution is -0.907.